The van der Waals surface area contributed by atoms with Crippen molar-refractivity contribution in [3.05, 3.63) is 39.6 Å². The summed E-state index contributed by atoms with van der Waals surface area (Å²) in [6.07, 6.45) is -0.527. The summed E-state index contributed by atoms with van der Waals surface area (Å²) in [7, 11) is 3.07. The van der Waals surface area contributed by atoms with Crippen LogP contribution in [0.25, 0.3) is 10.6 Å². The van der Waals surface area contributed by atoms with Crippen LogP contribution in [0.1, 0.15) is 12.0 Å². The summed E-state index contributed by atoms with van der Waals surface area (Å²) in [5.41, 5.74) is 1.09. The Hall–Kier alpha value is -0.820. The third-order valence-electron chi connectivity index (χ3n) is 2.37. The van der Waals surface area contributed by atoms with E-state index >= 15 is 0 Å². The van der Waals surface area contributed by atoms with Crippen molar-refractivity contribution in [2.75, 3.05) is 14.2 Å². The molecule has 0 aliphatic carbocycles. The Labute approximate surface area is 117 Å². The molecule has 0 saturated heterocycles. The summed E-state index contributed by atoms with van der Waals surface area (Å²) in [4.78, 5) is 4.34. The minimum absolute atomic E-state index is 0.309. The highest BCUT2D eigenvalue weighted by molar-refractivity contribution is 9.10. The molecule has 0 radical (unpaired) electrons. The Morgan fingerprint density at radius 3 is 2.67 bits per heavy atom. The predicted octanol–water partition coefficient (Wildman–Crippen LogP) is 4.00. The minimum Gasteiger partial charge on any atom is -0.350 e. The first-order valence-corrected chi connectivity index (χ1v) is 6.80. The molecule has 0 saturated carbocycles. The van der Waals surface area contributed by atoms with Gasteiger partial charge in [-0.15, -0.1) is 11.3 Å². The van der Waals surface area contributed by atoms with Crippen molar-refractivity contribution in [2.45, 2.75) is 6.29 Å². The molecule has 3 nitrogen and oxygen atoms in total. The van der Waals surface area contributed by atoms with Crippen LogP contribution in [0.4, 0.5) is 4.39 Å². The second-order valence-corrected chi connectivity index (χ2v) is 5.19. The van der Waals surface area contributed by atoms with Gasteiger partial charge in [0, 0.05) is 24.1 Å². The molecule has 0 unspecified atom stereocenters. The maximum Gasteiger partial charge on any atom is 0.201 e. The van der Waals surface area contributed by atoms with Gasteiger partial charge >= 0.3 is 0 Å². The minimum atomic E-state index is -0.527. The van der Waals surface area contributed by atoms with E-state index in [1.807, 2.05) is 0 Å². The zero-order valence-corrected chi connectivity index (χ0v) is 12.2. The van der Waals surface area contributed by atoms with Crippen LogP contribution in [0, 0.1) is 5.82 Å². The largest absolute Gasteiger partial charge is 0.350 e. The Balaban J connectivity index is 2.41. The molecule has 0 fully saturated rings. The monoisotopic (exact) mass is 331 g/mol. The van der Waals surface area contributed by atoms with Crippen molar-refractivity contribution in [3.63, 3.8) is 0 Å². The molecule has 6 heteroatoms. The van der Waals surface area contributed by atoms with Gasteiger partial charge in [-0.25, -0.2) is 9.37 Å². The van der Waals surface area contributed by atoms with E-state index in [1.54, 1.807) is 17.5 Å². The Kier molecular flexibility index (Phi) is 4.45. The van der Waals surface area contributed by atoms with E-state index in [1.165, 1.54) is 31.6 Å². The lowest BCUT2D eigenvalue weighted by Crippen LogP contribution is -2.03. The fraction of sp³-hybridized carbons (Fsp3) is 0.250. The second-order valence-electron chi connectivity index (χ2n) is 3.48. The average molecular weight is 332 g/mol. The molecule has 18 heavy (non-hydrogen) atoms. The number of thiazole rings is 1. The molecule has 1 heterocycles. The van der Waals surface area contributed by atoms with Crippen LogP contribution in [-0.4, -0.2) is 19.2 Å². The number of nitrogens with zero attached hydrogens (tertiary/aromatic N) is 1. The summed E-state index contributed by atoms with van der Waals surface area (Å²) < 4.78 is 24.7. The molecule has 0 spiro atoms. The van der Waals surface area contributed by atoms with Gasteiger partial charge in [-0.05, 0) is 28.1 Å². The van der Waals surface area contributed by atoms with Crippen LogP contribution in [0.2, 0.25) is 0 Å². The SMILES string of the molecule is COC(OC)c1csc(-c2c(F)cccc2Br)n1. The molecule has 0 bridgehead atoms. The highest BCUT2D eigenvalue weighted by Crippen LogP contribution is 2.34. The van der Waals surface area contributed by atoms with Crippen LogP contribution < -0.4 is 0 Å². The third kappa shape index (κ3) is 2.61. The van der Waals surface area contributed by atoms with Crippen LogP contribution in [-0.2, 0) is 9.47 Å². The summed E-state index contributed by atoms with van der Waals surface area (Å²) in [6, 6.07) is 4.83. The van der Waals surface area contributed by atoms with Gasteiger partial charge in [-0.2, -0.15) is 0 Å². The zero-order valence-electron chi connectivity index (χ0n) is 9.81. The van der Waals surface area contributed by atoms with Gasteiger partial charge in [0.05, 0.1) is 5.56 Å². The van der Waals surface area contributed by atoms with E-state index < -0.39 is 6.29 Å². The van der Waals surface area contributed by atoms with Crippen molar-refractivity contribution >= 4 is 27.3 Å². The maximum absolute atomic E-state index is 13.8. The molecule has 1 aromatic heterocycles. The van der Waals surface area contributed by atoms with Gasteiger partial charge in [0.2, 0.25) is 6.29 Å². The van der Waals surface area contributed by atoms with Crippen molar-refractivity contribution in [1.29, 1.82) is 0 Å². The quantitative estimate of drug-likeness (QED) is 0.793. The summed E-state index contributed by atoms with van der Waals surface area (Å²) in [5.74, 6) is -0.309. The number of ether oxygens (including phenoxy) is 2. The first kappa shape index (κ1) is 13.6. The smallest absolute Gasteiger partial charge is 0.201 e. The summed E-state index contributed by atoms with van der Waals surface area (Å²) in [5, 5.41) is 2.39. The second kappa shape index (κ2) is 5.88. The predicted molar refractivity (Wildman–Crippen MR) is 72.0 cm³/mol. The number of benzene rings is 1. The van der Waals surface area contributed by atoms with Gasteiger partial charge in [-0.3, -0.25) is 0 Å². The van der Waals surface area contributed by atoms with E-state index in [0.29, 0.717) is 20.7 Å². The van der Waals surface area contributed by atoms with Gasteiger partial charge in [0.1, 0.15) is 16.5 Å². The normalized spacial score (nSPS) is 11.2. The van der Waals surface area contributed by atoms with Crippen LogP contribution in [0.15, 0.2) is 28.1 Å². The maximum atomic E-state index is 13.8. The van der Waals surface area contributed by atoms with Crippen molar-refractivity contribution in [1.82, 2.24) is 4.98 Å². The Morgan fingerprint density at radius 2 is 2.06 bits per heavy atom. The van der Waals surface area contributed by atoms with Crippen LogP contribution >= 0.6 is 27.3 Å². The lowest BCUT2D eigenvalue weighted by Gasteiger charge is -2.09. The van der Waals surface area contributed by atoms with E-state index in [0.717, 1.165) is 0 Å². The molecule has 0 amide bonds. The number of hydrogen-bond donors (Lipinski definition) is 0. The van der Waals surface area contributed by atoms with Gasteiger partial charge in [-0.1, -0.05) is 6.07 Å². The number of halogens is 2. The zero-order chi connectivity index (χ0) is 13.1. The molecule has 96 valence electrons. The molecule has 2 rings (SSSR count). The third-order valence-corrected chi connectivity index (χ3v) is 3.91. The molecular weight excluding hydrogens is 321 g/mol. The molecule has 1 aromatic carbocycles. The highest BCUT2D eigenvalue weighted by atomic mass is 79.9. The molecule has 0 atom stereocenters. The topological polar surface area (TPSA) is 31.4 Å². The molecule has 2 aromatic rings. The van der Waals surface area contributed by atoms with E-state index in [4.69, 9.17) is 9.47 Å². The van der Waals surface area contributed by atoms with Crippen molar-refractivity contribution < 1.29 is 13.9 Å². The number of hydrogen-bond acceptors (Lipinski definition) is 4. The number of methoxy groups -OCH3 is 2. The van der Waals surface area contributed by atoms with Crippen molar-refractivity contribution in [2.24, 2.45) is 0 Å². The first-order chi connectivity index (χ1) is 8.67. The molecule has 0 aliphatic heterocycles. The Bertz CT molecular complexity index is 522. The average Bonchev–Trinajstić information content (AvgIpc) is 2.80. The van der Waals surface area contributed by atoms with Crippen molar-refractivity contribution in [3.8, 4) is 10.6 Å². The fourth-order valence-electron chi connectivity index (χ4n) is 1.55. The number of aromatic nitrogens is 1. The standard InChI is InChI=1S/C12H11BrFNO2S/c1-16-12(17-2)9-6-18-11(15-9)10-7(13)4-3-5-8(10)14/h3-6,12H,1-2H3. The van der Waals surface area contributed by atoms with E-state index in [-0.39, 0.29) is 5.82 Å². The fourth-order valence-corrected chi connectivity index (χ4v) is 3.09. The summed E-state index contributed by atoms with van der Waals surface area (Å²) in [6.45, 7) is 0. The molecule has 0 N–H and O–H groups in total. The summed E-state index contributed by atoms with van der Waals surface area (Å²) >= 11 is 4.68. The van der Waals surface area contributed by atoms with E-state index in [2.05, 4.69) is 20.9 Å². The van der Waals surface area contributed by atoms with Gasteiger partial charge in [0.15, 0.2) is 0 Å². The first-order valence-electron chi connectivity index (χ1n) is 5.12. The van der Waals surface area contributed by atoms with E-state index in [9.17, 15) is 4.39 Å². The lowest BCUT2D eigenvalue weighted by molar-refractivity contribution is -0.108. The van der Waals surface area contributed by atoms with Gasteiger partial charge < -0.3 is 9.47 Å². The van der Waals surface area contributed by atoms with Gasteiger partial charge in [0.25, 0.3) is 0 Å². The number of rotatable bonds is 4. The van der Waals surface area contributed by atoms with Crippen LogP contribution in [0.3, 0.4) is 0 Å². The highest BCUT2D eigenvalue weighted by Gasteiger charge is 2.17. The molecular formula is C12H11BrFNO2S. The lowest BCUT2D eigenvalue weighted by atomic mass is 10.2. The molecule has 0 aliphatic rings. The Morgan fingerprint density at radius 1 is 1.33 bits per heavy atom. The van der Waals surface area contributed by atoms with Crippen LogP contribution in [0.5, 0.6) is 0 Å².